The molecule has 3 heteroatoms. The standard InChI is InChI=1S/C13H17NO2/c15-11-3-1-10(2-4-11)5-6-14-8-12-7-13(9-14)16-12/h1-4,12-13,15H,5-9H2. The van der Waals surface area contributed by atoms with Crippen LogP contribution in [0.2, 0.25) is 0 Å². The Balaban J connectivity index is 1.51. The van der Waals surface area contributed by atoms with Crippen LogP contribution >= 0.6 is 0 Å². The van der Waals surface area contributed by atoms with Crippen molar-refractivity contribution in [2.24, 2.45) is 0 Å². The highest BCUT2D eigenvalue weighted by Crippen LogP contribution is 2.27. The van der Waals surface area contributed by atoms with Gasteiger partial charge in [0.15, 0.2) is 0 Å². The Morgan fingerprint density at radius 1 is 1.19 bits per heavy atom. The number of phenolic OH excluding ortho intramolecular Hbond substituents is 1. The predicted octanol–water partition coefficient (Wildman–Crippen LogP) is 1.41. The van der Waals surface area contributed by atoms with Crippen molar-refractivity contribution in [3.05, 3.63) is 29.8 Å². The topological polar surface area (TPSA) is 32.7 Å². The number of ether oxygens (including phenoxy) is 1. The van der Waals surface area contributed by atoms with Crippen molar-refractivity contribution in [3.63, 3.8) is 0 Å². The third-order valence-electron chi connectivity index (χ3n) is 3.49. The van der Waals surface area contributed by atoms with Gasteiger partial charge in [0, 0.05) is 26.1 Å². The second kappa shape index (κ2) is 4.07. The summed E-state index contributed by atoms with van der Waals surface area (Å²) in [6, 6.07) is 7.51. The molecule has 0 aromatic heterocycles. The van der Waals surface area contributed by atoms with E-state index in [1.54, 1.807) is 12.1 Å². The minimum atomic E-state index is 0.344. The summed E-state index contributed by atoms with van der Waals surface area (Å²) in [4.78, 5) is 2.48. The normalized spacial score (nSPS) is 28.8. The molecule has 1 aromatic rings. The first-order valence-electron chi connectivity index (χ1n) is 5.95. The molecule has 0 radical (unpaired) electrons. The van der Waals surface area contributed by atoms with Crippen molar-refractivity contribution in [1.29, 1.82) is 0 Å². The molecular formula is C13H17NO2. The van der Waals surface area contributed by atoms with E-state index in [1.807, 2.05) is 12.1 Å². The molecule has 3 heterocycles. The van der Waals surface area contributed by atoms with E-state index >= 15 is 0 Å². The number of benzene rings is 1. The summed E-state index contributed by atoms with van der Waals surface area (Å²) in [5.41, 5.74) is 1.29. The van der Waals surface area contributed by atoms with Crippen LogP contribution in [-0.2, 0) is 11.2 Å². The van der Waals surface area contributed by atoms with Crippen molar-refractivity contribution < 1.29 is 9.84 Å². The maximum absolute atomic E-state index is 9.19. The number of morpholine rings is 1. The first-order chi connectivity index (χ1) is 7.79. The molecule has 3 saturated heterocycles. The van der Waals surface area contributed by atoms with E-state index in [0.717, 1.165) is 26.1 Å². The largest absolute Gasteiger partial charge is 0.508 e. The van der Waals surface area contributed by atoms with E-state index in [0.29, 0.717) is 18.0 Å². The molecule has 0 amide bonds. The van der Waals surface area contributed by atoms with Crippen molar-refractivity contribution >= 4 is 0 Å². The van der Waals surface area contributed by atoms with Crippen LogP contribution in [0.25, 0.3) is 0 Å². The van der Waals surface area contributed by atoms with Crippen LogP contribution in [-0.4, -0.2) is 41.8 Å². The van der Waals surface area contributed by atoms with E-state index in [4.69, 9.17) is 4.74 Å². The Kier molecular flexibility index (Phi) is 2.58. The van der Waals surface area contributed by atoms with Gasteiger partial charge in [-0.15, -0.1) is 0 Å². The Bertz CT molecular complexity index is 347. The van der Waals surface area contributed by atoms with Crippen LogP contribution in [0.4, 0.5) is 0 Å². The molecule has 86 valence electrons. The minimum Gasteiger partial charge on any atom is -0.508 e. The van der Waals surface area contributed by atoms with Gasteiger partial charge < -0.3 is 9.84 Å². The SMILES string of the molecule is Oc1ccc(CCN2CC3CC(C2)O3)cc1. The molecule has 3 aliphatic rings. The van der Waals surface area contributed by atoms with Gasteiger partial charge in [-0.1, -0.05) is 12.1 Å². The summed E-state index contributed by atoms with van der Waals surface area (Å²) < 4.78 is 5.60. The molecule has 2 atom stereocenters. The van der Waals surface area contributed by atoms with Crippen LogP contribution in [0.3, 0.4) is 0 Å². The van der Waals surface area contributed by atoms with Crippen molar-refractivity contribution in [3.8, 4) is 5.75 Å². The number of phenols is 1. The summed E-state index contributed by atoms with van der Waals surface area (Å²) >= 11 is 0. The van der Waals surface area contributed by atoms with E-state index < -0.39 is 0 Å². The van der Waals surface area contributed by atoms with Crippen LogP contribution in [0.1, 0.15) is 12.0 Å². The van der Waals surface area contributed by atoms with E-state index in [2.05, 4.69) is 4.90 Å². The lowest BCUT2D eigenvalue weighted by Gasteiger charge is -2.47. The number of piperidine rings is 1. The van der Waals surface area contributed by atoms with Crippen LogP contribution in [0.15, 0.2) is 24.3 Å². The molecule has 2 bridgehead atoms. The molecule has 3 fully saturated rings. The number of rotatable bonds is 3. The number of hydrogen-bond donors (Lipinski definition) is 1. The highest BCUT2D eigenvalue weighted by Gasteiger charge is 2.37. The zero-order valence-corrected chi connectivity index (χ0v) is 9.30. The zero-order chi connectivity index (χ0) is 11.0. The maximum atomic E-state index is 9.19. The van der Waals surface area contributed by atoms with Crippen molar-refractivity contribution in [2.75, 3.05) is 19.6 Å². The number of hydrogen-bond acceptors (Lipinski definition) is 3. The number of nitrogens with zero attached hydrogens (tertiary/aromatic N) is 1. The first kappa shape index (κ1) is 10.1. The van der Waals surface area contributed by atoms with Gasteiger partial charge in [0.1, 0.15) is 5.75 Å². The third-order valence-corrected chi connectivity index (χ3v) is 3.49. The first-order valence-corrected chi connectivity index (χ1v) is 5.95. The Labute approximate surface area is 95.6 Å². The summed E-state index contributed by atoms with van der Waals surface area (Å²) in [7, 11) is 0. The lowest BCUT2D eigenvalue weighted by Crippen LogP contribution is -2.57. The molecule has 0 saturated carbocycles. The van der Waals surface area contributed by atoms with Crippen molar-refractivity contribution in [2.45, 2.75) is 25.0 Å². The average molecular weight is 219 g/mol. The molecule has 1 aromatic carbocycles. The van der Waals surface area contributed by atoms with Gasteiger partial charge in [-0.05, 0) is 24.1 Å². The maximum Gasteiger partial charge on any atom is 0.115 e. The number of fused-ring (bicyclic) bond motifs is 2. The predicted molar refractivity (Wildman–Crippen MR) is 61.5 cm³/mol. The minimum absolute atomic E-state index is 0.344. The van der Waals surface area contributed by atoms with Crippen LogP contribution < -0.4 is 0 Å². The molecule has 0 spiro atoms. The highest BCUT2D eigenvalue weighted by atomic mass is 16.5. The van der Waals surface area contributed by atoms with E-state index in [1.165, 1.54) is 12.0 Å². The van der Waals surface area contributed by atoms with Gasteiger partial charge in [-0.2, -0.15) is 0 Å². The fraction of sp³-hybridized carbons (Fsp3) is 0.538. The zero-order valence-electron chi connectivity index (χ0n) is 9.30. The van der Waals surface area contributed by atoms with Gasteiger partial charge in [-0.25, -0.2) is 0 Å². The van der Waals surface area contributed by atoms with Crippen LogP contribution in [0, 0.1) is 0 Å². The van der Waals surface area contributed by atoms with Gasteiger partial charge in [0.2, 0.25) is 0 Å². The third kappa shape index (κ3) is 2.06. The molecule has 3 aliphatic heterocycles. The molecule has 2 unspecified atom stereocenters. The van der Waals surface area contributed by atoms with Gasteiger partial charge in [0.05, 0.1) is 12.2 Å². The number of aromatic hydroxyl groups is 1. The van der Waals surface area contributed by atoms with E-state index in [-0.39, 0.29) is 0 Å². The lowest BCUT2D eigenvalue weighted by molar-refractivity contribution is -0.180. The average Bonchev–Trinajstić information content (AvgIpc) is 2.28. The van der Waals surface area contributed by atoms with Gasteiger partial charge in [0.25, 0.3) is 0 Å². The molecule has 16 heavy (non-hydrogen) atoms. The Morgan fingerprint density at radius 3 is 2.44 bits per heavy atom. The molecule has 4 rings (SSSR count). The molecule has 3 nitrogen and oxygen atoms in total. The highest BCUT2D eigenvalue weighted by molar-refractivity contribution is 5.26. The Morgan fingerprint density at radius 2 is 1.81 bits per heavy atom. The lowest BCUT2D eigenvalue weighted by atomic mass is 9.98. The fourth-order valence-corrected chi connectivity index (χ4v) is 2.57. The monoisotopic (exact) mass is 219 g/mol. The van der Waals surface area contributed by atoms with Gasteiger partial charge >= 0.3 is 0 Å². The smallest absolute Gasteiger partial charge is 0.115 e. The molecule has 0 aliphatic carbocycles. The summed E-state index contributed by atoms with van der Waals surface area (Å²) in [6.45, 7) is 3.28. The second-order valence-electron chi connectivity index (χ2n) is 4.79. The van der Waals surface area contributed by atoms with Crippen molar-refractivity contribution in [1.82, 2.24) is 4.90 Å². The van der Waals surface area contributed by atoms with E-state index in [9.17, 15) is 5.11 Å². The summed E-state index contributed by atoms with van der Waals surface area (Å²) in [5.74, 6) is 0.344. The molecular weight excluding hydrogens is 202 g/mol. The van der Waals surface area contributed by atoms with Gasteiger partial charge in [-0.3, -0.25) is 4.90 Å². The quantitative estimate of drug-likeness (QED) is 0.834. The fourth-order valence-electron chi connectivity index (χ4n) is 2.57. The molecule has 1 N–H and O–H groups in total. The Hall–Kier alpha value is -1.06. The summed E-state index contributed by atoms with van der Waals surface area (Å²) in [6.07, 6.45) is 3.31. The van der Waals surface area contributed by atoms with Crippen LogP contribution in [0.5, 0.6) is 5.75 Å². The second-order valence-corrected chi connectivity index (χ2v) is 4.79. The summed E-state index contributed by atoms with van der Waals surface area (Å²) in [5, 5.41) is 9.19.